The molecule has 0 saturated carbocycles. The second-order valence-electron chi connectivity index (χ2n) is 8.12. The number of aromatic nitrogens is 1. The van der Waals surface area contributed by atoms with Crippen molar-refractivity contribution in [3.8, 4) is 0 Å². The van der Waals surface area contributed by atoms with Gasteiger partial charge >= 0.3 is 0 Å². The predicted molar refractivity (Wildman–Crippen MR) is 103 cm³/mol. The van der Waals surface area contributed by atoms with Crippen LogP contribution < -0.4 is 10.9 Å². The van der Waals surface area contributed by atoms with Gasteiger partial charge < -0.3 is 24.6 Å². The summed E-state index contributed by atoms with van der Waals surface area (Å²) in [6.45, 7) is 6.87. The minimum Gasteiger partial charge on any atom is -0.388 e. The summed E-state index contributed by atoms with van der Waals surface area (Å²) < 4.78 is 7.53. The number of nitrogens with zero attached hydrogens (tertiary/aromatic N) is 2. The van der Waals surface area contributed by atoms with Crippen LogP contribution in [0, 0.1) is 0 Å². The van der Waals surface area contributed by atoms with Crippen molar-refractivity contribution in [2.45, 2.75) is 63.8 Å². The van der Waals surface area contributed by atoms with Gasteiger partial charge in [0.1, 0.15) is 6.10 Å². The zero-order valence-electron chi connectivity index (χ0n) is 16.7. The van der Waals surface area contributed by atoms with Gasteiger partial charge in [-0.1, -0.05) is 0 Å². The van der Waals surface area contributed by atoms with Gasteiger partial charge in [0.15, 0.2) is 0 Å². The Morgan fingerprint density at radius 3 is 2.61 bits per heavy atom. The lowest BCUT2D eigenvalue weighted by molar-refractivity contribution is -0.179. The number of likely N-dealkylation sites (tertiary alicyclic amines) is 1. The standard InChI is InChI=1S/C20H29N3O5/c1-4-22-8-5-15(11-17(22)26)18(27)23-9-6-20(7-10-23)13-19(3,21-14(2)24)16(25)12-28-20/h5,8,11,16,25H,4,6-7,9-10,12-13H2,1-3H3,(H,21,24)/t16-,19-/m1/s1. The molecule has 0 unspecified atom stereocenters. The van der Waals surface area contributed by atoms with Crippen molar-refractivity contribution in [2.24, 2.45) is 0 Å². The summed E-state index contributed by atoms with van der Waals surface area (Å²) in [6.07, 6.45) is 2.60. The van der Waals surface area contributed by atoms with Gasteiger partial charge in [0, 0.05) is 50.8 Å². The first-order chi connectivity index (χ1) is 13.2. The Bertz CT molecular complexity index is 812. The highest BCUT2D eigenvalue weighted by Crippen LogP contribution is 2.39. The number of aryl methyl sites for hydroxylation is 1. The van der Waals surface area contributed by atoms with Gasteiger partial charge in [-0.2, -0.15) is 0 Å². The van der Waals surface area contributed by atoms with E-state index >= 15 is 0 Å². The van der Waals surface area contributed by atoms with Crippen molar-refractivity contribution >= 4 is 11.8 Å². The van der Waals surface area contributed by atoms with Crippen LogP contribution in [0.25, 0.3) is 0 Å². The molecule has 0 aromatic carbocycles. The quantitative estimate of drug-likeness (QED) is 0.782. The Labute approximate surface area is 164 Å². The summed E-state index contributed by atoms with van der Waals surface area (Å²) in [4.78, 5) is 38.1. The Morgan fingerprint density at radius 2 is 2.04 bits per heavy atom. The van der Waals surface area contributed by atoms with E-state index in [0.29, 0.717) is 44.5 Å². The Morgan fingerprint density at radius 1 is 1.36 bits per heavy atom. The van der Waals surface area contributed by atoms with E-state index in [2.05, 4.69) is 5.32 Å². The number of nitrogens with one attached hydrogen (secondary N) is 1. The lowest BCUT2D eigenvalue weighted by atomic mass is 9.74. The molecule has 1 spiro atoms. The molecule has 3 rings (SSSR count). The van der Waals surface area contributed by atoms with Crippen molar-refractivity contribution < 1.29 is 19.4 Å². The Balaban J connectivity index is 1.68. The highest BCUT2D eigenvalue weighted by molar-refractivity contribution is 5.94. The minimum absolute atomic E-state index is 0.153. The molecular formula is C20H29N3O5. The minimum atomic E-state index is -0.772. The van der Waals surface area contributed by atoms with Gasteiger partial charge in [-0.15, -0.1) is 0 Å². The molecule has 2 aliphatic rings. The molecule has 2 fully saturated rings. The van der Waals surface area contributed by atoms with Crippen LogP contribution in [0.15, 0.2) is 23.1 Å². The molecule has 8 nitrogen and oxygen atoms in total. The average Bonchev–Trinajstić information content (AvgIpc) is 2.64. The third kappa shape index (κ3) is 3.98. The van der Waals surface area contributed by atoms with Crippen LogP contribution in [-0.2, 0) is 16.1 Å². The second-order valence-corrected chi connectivity index (χ2v) is 8.12. The average molecular weight is 391 g/mol. The number of hydrogen-bond donors (Lipinski definition) is 2. The van der Waals surface area contributed by atoms with Crippen LogP contribution in [0.5, 0.6) is 0 Å². The zero-order valence-corrected chi connectivity index (χ0v) is 16.7. The molecule has 3 heterocycles. The molecule has 2 saturated heterocycles. The van der Waals surface area contributed by atoms with Gasteiger partial charge in [-0.3, -0.25) is 14.4 Å². The SMILES string of the molecule is CCn1ccc(C(=O)N2CCC3(CC2)C[C@@](C)(NC(C)=O)[C@H](O)CO3)cc1=O. The van der Waals surface area contributed by atoms with E-state index in [-0.39, 0.29) is 24.0 Å². The fourth-order valence-electron chi connectivity index (χ4n) is 4.33. The van der Waals surface area contributed by atoms with Crippen LogP contribution in [-0.4, -0.2) is 63.3 Å². The van der Waals surface area contributed by atoms with E-state index in [9.17, 15) is 19.5 Å². The van der Waals surface area contributed by atoms with E-state index in [1.54, 1.807) is 21.7 Å². The van der Waals surface area contributed by atoms with Gasteiger partial charge in [0.05, 0.1) is 17.7 Å². The molecule has 2 atom stereocenters. The molecule has 154 valence electrons. The molecule has 2 aliphatic heterocycles. The van der Waals surface area contributed by atoms with Crippen LogP contribution in [0.3, 0.4) is 0 Å². The highest BCUT2D eigenvalue weighted by Gasteiger charge is 2.50. The number of hydrogen-bond acceptors (Lipinski definition) is 5. The predicted octanol–water partition coefficient (Wildman–Crippen LogP) is 0.519. The summed E-state index contributed by atoms with van der Waals surface area (Å²) in [5.41, 5.74) is -1.01. The fourth-order valence-corrected chi connectivity index (χ4v) is 4.33. The monoisotopic (exact) mass is 391 g/mol. The summed E-state index contributed by atoms with van der Waals surface area (Å²) in [5.74, 6) is -0.344. The molecule has 2 N–H and O–H groups in total. The first-order valence-corrected chi connectivity index (χ1v) is 9.79. The van der Waals surface area contributed by atoms with Crippen LogP contribution >= 0.6 is 0 Å². The largest absolute Gasteiger partial charge is 0.388 e. The molecule has 28 heavy (non-hydrogen) atoms. The first kappa shape index (κ1) is 20.5. The Hall–Kier alpha value is -2.19. The van der Waals surface area contributed by atoms with Crippen molar-refractivity contribution in [2.75, 3.05) is 19.7 Å². The van der Waals surface area contributed by atoms with E-state index in [1.165, 1.54) is 13.0 Å². The zero-order chi connectivity index (χ0) is 20.5. The molecule has 0 radical (unpaired) electrons. The van der Waals surface area contributed by atoms with Gasteiger partial charge in [-0.05, 0) is 32.8 Å². The van der Waals surface area contributed by atoms with Crippen LogP contribution in [0.1, 0.15) is 50.4 Å². The highest BCUT2D eigenvalue weighted by atomic mass is 16.5. The lowest BCUT2D eigenvalue weighted by Gasteiger charge is -2.51. The maximum Gasteiger partial charge on any atom is 0.254 e. The summed E-state index contributed by atoms with van der Waals surface area (Å²) in [7, 11) is 0. The summed E-state index contributed by atoms with van der Waals surface area (Å²) in [6, 6.07) is 3.07. The molecule has 8 heteroatoms. The molecule has 0 aliphatic carbocycles. The van der Waals surface area contributed by atoms with E-state index in [1.807, 2.05) is 13.8 Å². The number of carbonyl (C=O) groups is 2. The van der Waals surface area contributed by atoms with Crippen molar-refractivity contribution in [3.05, 3.63) is 34.2 Å². The third-order valence-electron chi connectivity index (χ3n) is 5.98. The Kier molecular flexibility index (Phi) is 5.63. The summed E-state index contributed by atoms with van der Waals surface area (Å²) in [5, 5.41) is 13.2. The van der Waals surface area contributed by atoms with E-state index < -0.39 is 17.2 Å². The van der Waals surface area contributed by atoms with Crippen LogP contribution in [0.2, 0.25) is 0 Å². The van der Waals surface area contributed by atoms with E-state index in [4.69, 9.17) is 4.74 Å². The van der Waals surface area contributed by atoms with Gasteiger partial charge in [-0.25, -0.2) is 0 Å². The maximum absolute atomic E-state index is 12.8. The second kappa shape index (κ2) is 7.67. The first-order valence-electron chi connectivity index (χ1n) is 9.79. The lowest BCUT2D eigenvalue weighted by Crippen LogP contribution is -2.65. The van der Waals surface area contributed by atoms with Gasteiger partial charge in [0.2, 0.25) is 5.91 Å². The number of aliphatic hydroxyl groups excluding tert-OH is 1. The molecule has 1 aromatic rings. The number of rotatable bonds is 3. The third-order valence-corrected chi connectivity index (χ3v) is 5.98. The smallest absolute Gasteiger partial charge is 0.254 e. The van der Waals surface area contributed by atoms with Crippen LogP contribution in [0.4, 0.5) is 0 Å². The maximum atomic E-state index is 12.8. The number of aliphatic hydroxyl groups is 1. The number of piperidine rings is 1. The summed E-state index contributed by atoms with van der Waals surface area (Å²) >= 11 is 0. The van der Waals surface area contributed by atoms with Crippen molar-refractivity contribution in [1.82, 2.24) is 14.8 Å². The molecule has 2 amide bonds. The number of ether oxygens (including phenoxy) is 1. The fraction of sp³-hybridized carbons (Fsp3) is 0.650. The number of pyridine rings is 1. The molecule has 0 bridgehead atoms. The number of carbonyl (C=O) groups excluding carboxylic acids is 2. The molecular weight excluding hydrogens is 362 g/mol. The molecule has 1 aromatic heterocycles. The normalized spacial score (nSPS) is 26.9. The van der Waals surface area contributed by atoms with E-state index in [0.717, 1.165) is 0 Å². The van der Waals surface area contributed by atoms with Crippen molar-refractivity contribution in [3.63, 3.8) is 0 Å². The number of amides is 2. The van der Waals surface area contributed by atoms with Gasteiger partial charge in [0.25, 0.3) is 11.5 Å². The topological polar surface area (TPSA) is 101 Å². The van der Waals surface area contributed by atoms with Crippen molar-refractivity contribution in [1.29, 1.82) is 0 Å².